The Balaban J connectivity index is 2.01. The molecule has 1 heterocycles. The van der Waals surface area contributed by atoms with E-state index in [2.05, 4.69) is 10.6 Å². The second kappa shape index (κ2) is 6.36. The van der Waals surface area contributed by atoms with Crippen LogP contribution in [0.15, 0.2) is 27.4 Å². The fourth-order valence-corrected chi connectivity index (χ4v) is 1.79. The molecule has 20 heavy (non-hydrogen) atoms. The molecule has 0 aliphatic rings. The maximum Gasteiger partial charge on any atom is 0.419 e. The number of methoxy groups -OCH3 is 1. The number of carbonyl (C=O) groups is 1. The molecule has 0 spiro atoms. The molecule has 0 atom stereocenters. The fraction of sp³-hybridized carbons (Fsp3) is 0.385. The van der Waals surface area contributed by atoms with E-state index in [0.717, 1.165) is 0 Å². The van der Waals surface area contributed by atoms with E-state index in [1.54, 1.807) is 32.4 Å². The SMILES string of the molecule is COCCNCC(=O)Nc1ccc2oc(=O)n(C)c2c1. The normalized spacial score (nSPS) is 10.9. The molecule has 0 aliphatic carbocycles. The molecule has 0 aliphatic heterocycles. The largest absolute Gasteiger partial charge is 0.419 e. The van der Waals surface area contributed by atoms with Crippen molar-refractivity contribution in [3.05, 3.63) is 28.7 Å². The number of hydrogen-bond acceptors (Lipinski definition) is 5. The zero-order chi connectivity index (χ0) is 14.5. The molecule has 108 valence electrons. The van der Waals surface area contributed by atoms with Gasteiger partial charge in [0.2, 0.25) is 5.91 Å². The van der Waals surface area contributed by atoms with Crippen LogP contribution in [0.3, 0.4) is 0 Å². The lowest BCUT2D eigenvalue weighted by atomic mass is 10.3. The third-order valence-electron chi connectivity index (χ3n) is 2.84. The van der Waals surface area contributed by atoms with Crippen LogP contribution in [-0.4, -0.2) is 37.3 Å². The molecule has 1 amide bonds. The average molecular weight is 279 g/mol. The van der Waals surface area contributed by atoms with Crippen LogP contribution in [0.2, 0.25) is 0 Å². The highest BCUT2D eigenvalue weighted by Gasteiger charge is 2.08. The van der Waals surface area contributed by atoms with Crippen molar-refractivity contribution in [1.82, 2.24) is 9.88 Å². The number of aryl methyl sites for hydroxylation is 1. The Morgan fingerprint density at radius 3 is 3.00 bits per heavy atom. The van der Waals surface area contributed by atoms with E-state index in [9.17, 15) is 9.59 Å². The van der Waals surface area contributed by atoms with Crippen LogP contribution in [0.4, 0.5) is 5.69 Å². The Bertz CT molecular complexity index is 659. The number of benzene rings is 1. The summed E-state index contributed by atoms with van der Waals surface area (Å²) in [6, 6.07) is 5.05. The van der Waals surface area contributed by atoms with Crippen LogP contribution in [0.1, 0.15) is 0 Å². The number of rotatable bonds is 6. The van der Waals surface area contributed by atoms with Crippen molar-refractivity contribution in [2.75, 3.05) is 32.1 Å². The molecular weight excluding hydrogens is 262 g/mol. The van der Waals surface area contributed by atoms with Gasteiger partial charge in [-0.15, -0.1) is 0 Å². The Labute approximate surface area is 115 Å². The first-order chi connectivity index (χ1) is 9.61. The topological polar surface area (TPSA) is 85.5 Å². The molecule has 7 nitrogen and oxygen atoms in total. The summed E-state index contributed by atoms with van der Waals surface area (Å²) in [6.07, 6.45) is 0. The lowest BCUT2D eigenvalue weighted by Crippen LogP contribution is -2.30. The zero-order valence-corrected chi connectivity index (χ0v) is 11.4. The third-order valence-corrected chi connectivity index (χ3v) is 2.84. The number of anilines is 1. The van der Waals surface area contributed by atoms with Gasteiger partial charge in [-0.3, -0.25) is 9.36 Å². The van der Waals surface area contributed by atoms with Crippen LogP contribution >= 0.6 is 0 Å². The van der Waals surface area contributed by atoms with E-state index in [1.165, 1.54) is 4.57 Å². The van der Waals surface area contributed by atoms with E-state index in [4.69, 9.17) is 9.15 Å². The van der Waals surface area contributed by atoms with Crippen LogP contribution in [0.25, 0.3) is 11.1 Å². The molecule has 0 fully saturated rings. The minimum atomic E-state index is -0.426. The average Bonchev–Trinajstić information content (AvgIpc) is 2.71. The number of nitrogens with zero attached hydrogens (tertiary/aromatic N) is 1. The second-order valence-electron chi connectivity index (χ2n) is 4.33. The van der Waals surface area contributed by atoms with Gasteiger partial charge >= 0.3 is 5.76 Å². The number of aromatic nitrogens is 1. The summed E-state index contributed by atoms with van der Waals surface area (Å²) in [4.78, 5) is 23.1. The molecule has 0 saturated heterocycles. The standard InChI is InChI=1S/C13H17N3O4/c1-16-10-7-9(3-4-11(10)20-13(16)18)15-12(17)8-14-5-6-19-2/h3-4,7,14H,5-6,8H2,1-2H3,(H,15,17). The van der Waals surface area contributed by atoms with Gasteiger partial charge in [0, 0.05) is 26.4 Å². The van der Waals surface area contributed by atoms with Gasteiger partial charge in [0.15, 0.2) is 5.58 Å². The number of hydrogen-bond donors (Lipinski definition) is 2. The smallest absolute Gasteiger partial charge is 0.408 e. The molecule has 0 bridgehead atoms. The van der Waals surface area contributed by atoms with Gasteiger partial charge in [-0.05, 0) is 18.2 Å². The third kappa shape index (κ3) is 3.25. The van der Waals surface area contributed by atoms with Crippen molar-refractivity contribution in [2.45, 2.75) is 0 Å². The summed E-state index contributed by atoms with van der Waals surface area (Å²) < 4.78 is 11.3. The van der Waals surface area contributed by atoms with Crippen LogP contribution in [0, 0.1) is 0 Å². The Kier molecular flexibility index (Phi) is 4.54. The predicted octanol–water partition coefficient (Wildman–Crippen LogP) is 0.306. The van der Waals surface area contributed by atoms with Gasteiger partial charge in [-0.2, -0.15) is 0 Å². The second-order valence-corrected chi connectivity index (χ2v) is 4.33. The van der Waals surface area contributed by atoms with Crippen molar-refractivity contribution in [2.24, 2.45) is 7.05 Å². The van der Waals surface area contributed by atoms with Crippen LogP contribution in [-0.2, 0) is 16.6 Å². The summed E-state index contributed by atoms with van der Waals surface area (Å²) in [5, 5.41) is 5.70. The molecule has 0 unspecified atom stereocenters. The Hall–Kier alpha value is -2.12. The van der Waals surface area contributed by atoms with Crippen molar-refractivity contribution in [3.63, 3.8) is 0 Å². The van der Waals surface area contributed by atoms with Gasteiger partial charge in [0.05, 0.1) is 18.7 Å². The number of ether oxygens (including phenoxy) is 1. The van der Waals surface area contributed by atoms with Crippen LogP contribution < -0.4 is 16.4 Å². The lowest BCUT2D eigenvalue weighted by Gasteiger charge is -2.06. The predicted molar refractivity (Wildman–Crippen MR) is 74.8 cm³/mol. The number of amides is 1. The van der Waals surface area contributed by atoms with Crippen molar-refractivity contribution >= 4 is 22.7 Å². The van der Waals surface area contributed by atoms with E-state index in [0.29, 0.717) is 29.9 Å². The molecule has 0 radical (unpaired) electrons. The maximum atomic E-state index is 11.7. The minimum Gasteiger partial charge on any atom is -0.408 e. The van der Waals surface area contributed by atoms with Gasteiger partial charge in [0.1, 0.15) is 0 Å². The van der Waals surface area contributed by atoms with Crippen molar-refractivity contribution in [1.29, 1.82) is 0 Å². The summed E-state index contributed by atoms with van der Waals surface area (Å²) in [5.74, 6) is -0.585. The van der Waals surface area contributed by atoms with E-state index < -0.39 is 5.76 Å². The molecule has 7 heteroatoms. The summed E-state index contributed by atoms with van der Waals surface area (Å²) in [7, 11) is 3.22. The van der Waals surface area contributed by atoms with E-state index in [1.807, 2.05) is 0 Å². The summed E-state index contributed by atoms with van der Waals surface area (Å²) in [6.45, 7) is 1.36. The van der Waals surface area contributed by atoms with Gasteiger partial charge in [-0.25, -0.2) is 4.79 Å². The molecular formula is C13H17N3O4. The maximum absolute atomic E-state index is 11.7. The van der Waals surface area contributed by atoms with E-state index >= 15 is 0 Å². The fourth-order valence-electron chi connectivity index (χ4n) is 1.79. The van der Waals surface area contributed by atoms with Crippen molar-refractivity contribution < 1.29 is 13.9 Å². The molecule has 1 aromatic carbocycles. The number of fused-ring (bicyclic) bond motifs is 1. The number of carbonyl (C=O) groups excluding carboxylic acids is 1. The van der Waals surface area contributed by atoms with Crippen molar-refractivity contribution in [3.8, 4) is 0 Å². The zero-order valence-electron chi connectivity index (χ0n) is 11.4. The minimum absolute atomic E-state index is 0.158. The molecule has 1 aromatic heterocycles. The highest BCUT2D eigenvalue weighted by molar-refractivity contribution is 5.94. The Morgan fingerprint density at radius 1 is 1.45 bits per heavy atom. The quantitative estimate of drug-likeness (QED) is 0.743. The number of nitrogens with one attached hydrogen (secondary N) is 2. The molecule has 2 aromatic rings. The van der Waals surface area contributed by atoms with Gasteiger partial charge < -0.3 is 19.8 Å². The molecule has 2 rings (SSSR count). The number of oxazole rings is 1. The highest BCUT2D eigenvalue weighted by atomic mass is 16.5. The lowest BCUT2D eigenvalue weighted by molar-refractivity contribution is -0.115. The first-order valence-electron chi connectivity index (χ1n) is 6.21. The van der Waals surface area contributed by atoms with Gasteiger partial charge in [0.25, 0.3) is 0 Å². The summed E-state index contributed by atoms with van der Waals surface area (Å²) in [5.41, 5.74) is 1.75. The first kappa shape index (κ1) is 14.3. The van der Waals surface area contributed by atoms with Crippen LogP contribution in [0.5, 0.6) is 0 Å². The first-order valence-corrected chi connectivity index (χ1v) is 6.21. The molecule has 2 N–H and O–H groups in total. The summed E-state index contributed by atoms with van der Waals surface area (Å²) >= 11 is 0. The molecule has 0 saturated carbocycles. The monoisotopic (exact) mass is 279 g/mol. The van der Waals surface area contributed by atoms with E-state index in [-0.39, 0.29) is 12.5 Å². The highest BCUT2D eigenvalue weighted by Crippen LogP contribution is 2.17. The van der Waals surface area contributed by atoms with Gasteiger partial charge in [-0.1, -0.05) is 0 Å². The Morgan fingerprint density at radius 2 is 2.25 bits per heavy atom.